The van der Waals surface area contributed by atoms with Crippen LogP contribution in [0.4, 0.5) is 5.69 Å². The first kappa shape index (κ1) is 19.6. The first-order chi connectivity index (χ1) is 13.4. The van der Waals surface area contributed by atoms with Gasteiger partial charge in [0.2, 0.25) is 5.91 Å². The van der Waals surface area contributed by atoms with Gasteiger partial charge in [-0.15, -0.1) is 0 Å². The predicted octanol–water partition coefficient (Wildman–Crippen LogP) is 1.42. The third-order valence-electron chi connectivity index (χ3n) is 4.75. The summed E-state index contributed by atoms with van der Waals surface area (Å²) in [6.07, 6.45) is -0.388. The van der Waals surface area contributed by atoms with E-state index in [1.54, 1.807) is 31.2 Å². The Bertz CT molecular complexity index is 875. The number of anilines is 1. The van der Waals surface area contributed by atoms with Crippen molar-refractivity contribution in [3.05, 3.63) is 53.8 Å². The van der Waals surface area contributed by atoms with Gasteiger partial charge in [-0.1, -0.05) is 30.9 Å². The number of carbonyl (C=O) groups excluding carboxylic acids is 3. The number of amides is 1. The van der Waals surface area contributed by atoms with E-state index in [4.69, 9.17) is 14.2 Å². The van der Waals surface area contributed by atoms with Crippen molar-refractivity contribution in [3.63, 3.8) is 0 Å². The first-order valence-electron chi connectivity index (χ1n) is 8.81. The number of esters is 2. The lowest BCUT2D eigenvalue weighted by Gasteiger charge is -2.34. The van der Waals surface area contributed by atoms with Gasteiger partial charge in [0, 0.05) is 5.69 Å². The van der Waals surface area contributed by atoms with Gasteiger partial charge in [0.25, 0.3) is 5.60 Å². The second kappa shape index (κ2) is 7.47. The molecule has 0 saturated heterocycles. The zero-order chi connectivity index (χ0) is 20.5. The molecule has 1 aromatic rings. The average molecular weight is 387 g/mol. The number of fused-ring (bicyclic) bond motifs is 1. The van der Waals surface area contributed by atoms with Crippen LogP contribution in [0, 0.1) is 0 Å². The van der Waals surface area contributed by atoms with E-state index < -0.39 is 35.5 Å². The summed E-state index contributed by atoms with van der Waals surface area (Å²) >= 11 is 0. The second-order valence-corrected chi connectivity index (χ2v) is 6.38. The largest absolute Gasteiger partial charge is 0.475 e. The molecule has 0 aromatic heterocycles. The minimum atomic E-state index is -2.14. The van der Waals surface area contributed by atoms with Crippen LogP contribution in [-0.2, 0) is 28.6 Å². The number of aliphatic hydroxyl groups excluding tert-OH is 1. The van der Waals surface area contributed by atoms with E-state index in [1.165, 1.54) is 13.0 Å². The molecule has 0 bridgehead atoms. The molecule has 2 N–H and O–H groups in total. The fraction of sp³-hybridized carbons (Fsp3) is 0.350. The first-order valence-corrected chi connectivity index (χ1v) is 8.81. The highest BCUT2D eigenvalue weighted by Gasteiger charge is 2.66. The SMILES string of the molecule is C=CCOC(=O)C1=C(C)O[C@@](C(=O)OCC)([C@H]2C(=O)Nc3ccccc32)[C@H]1O. The van der Waals surface area contributed by atoms with Crippen molar-refractivity contribution in [1.29, 1.82) is 0 Å². The number of para-hydroxylation sites is 1. The number of carbonyl (C=O) groups is 3. The van der Waals surface area contributed by atoms with E-state index >= 15 is 0 Å². The molecule has 8 nitrogen and oxygen atoms in total. The molecule has 28 heavy (non-hydrogen) atoms. The summed E-state index contributed by atoms with van der Waals surface area (Å²) in [4.78, 5) is 38.2. The van der Waals surface area contributed by atoms with E-state index in [1.807, 2.05) is 0 Å². The van der Waals surface area contributed by atoms with Crippen molar-refractivity contribution in [2.24, 2.45) is 0 Å². The van der Waals surface area contributed by atoms with Crippen molar-refractivity contribution in [3.8, 4) is 0 Å². The summed E-state index contributed by atoms with van der Waals surface area (Å²) in [5.74, 6) is -3.56. The lowest BCUT2D eigenvalue weighted by Crippen LogP contribution is -2.56. The highest BCUT2D eigenvalue weighted by atomic mass is 16.6. The molecule has 148 valence electrons. The Morgan fingerprint density at radius 3 is 2.75 bits per heavy atom. The number of ether oxygens (including phenoxy) is 3. The molecule has 0 aliphatic carbocycles. The molecule has 0 radical (unpaired) electrons. The van der Waals surface area contributed by atoms with Gasteiger partial charge in [0.1, 0.15) is 30.0 Å². The summed E-state index contributed by atoms with van der Waals surface area (Å²) in [5, 5.41) is 13.7. The van der Waals surface area contributed by atoms with Crippen LogP contribution >= 0.6 is 0 Å². The Balaban J connectivity index is 2.09. The number of aliphatic hydroxyl groups is 1. The minimum absolute atomic E-state index is 0.00193. The quantitative estimate of drug-likeness (QED) is 0.561. The number of allylic oxidation sites excluding steroid dienone is 1. The summed E-state index contributed by atoms with van der Waals surface area (Å²) in [6.45, 7) is 6.40. The number of hydrogen-bond donors (Lipinski definition) is 2. The molecule has 2 heterocycles. The van der Waals surface area contributed by atoms with Crippen LogP contribution in [0.5, 0.6) is 0 Å². The Kier molecular flexibility index (Phi) is 5.24. The maximum Gasteiger partial charge on any atom is 0.354 e. The molecule has 1 aromatic carbocycles. The molecular weight excluding hydrogens is 366 g/mol. The minimum Gasteiger partial charge on any atom is -0.475 e. The number of rotatable bonds is 6. The number of hydrogen-bond acceptors (Lipinski definition) is 7. The smallest absolute Gasteiger partial charge is 0.354 e. The zero-order valence-electron chi connectivity index (χ0n) is 15.6. The monoisotopic (exact) mass is 387 g/mol. The molecule has 0 saturated carbocycles. The van der Waals surface area contributed by atoms with Gasteiger partial charge in [0.15, 0.2) is 0 Å². The van der Waals surface area contributed by atoms with Crippen LogP contribution < -0.4 is 5.32 Å². The van der Waals surface area contributed by atoms with Crippen LogP contribution in [0.2, 0.25) is 0 Å². The normalized spacial score (nSPS) is 25.6. The Morgan fingerprint density at radius 2 is 2.07 bits per heavy atom. The molecule has 1 amide bonds. The molecule has 0 unspecified atom stereocenters. The zero-order valence-corrected chi connectivity index (χ0v) is 15.6. The highest BCUT2D eigenvalue weighted by Crippen LogP contribution is 2.49. The third-order valence-corrected chi connectivity index (χ3v) is 4.75. The van der Waals surface area contributed by atoms with Gasteiger partial charge in [-0.2, -0.15) is 0 Å². The van der Waals surface area contributed by atoms with Crippen molar-refractivity contribution < 1.29 is 33.7 Å². The van der Waals surface area contributed by atoms with Crippen molar-refractivity contribution in [1.82, 2.24) is 0 Å². The third kappa shape index (κ3) is 2.86. The number of nitrogens with one attached hydrogen (secondary N) is 1. The van der Waals surface area contributed by atoms with E-state index in [0.717, 1.165) is 0 Å². The van der Waals surface area contributed by atoms with Gasteiger partial charge < -0.3 is 24.6 Å². The highest BCUT2D eigenvalue weighted by molar-refractivity contribution is 6.08. The van der Waals surface area contributed by atoms with Crippen LogP contribution in [0.25, 0.3) is 0 Å². The van der Waals surface area contributed by atoms with Crippen LogP contribution in [0.1, 0.15) is 25.3 Å². The van der Waals surface area contributed by atoms with Crippen molar-refractivity contribution >= 4 is 23.5 Å². The standard InChI is InChI=1S/C20H21NO7/c1-4-10-27-18(24)14-11(3)28-20(16(14)22,19(25)26-5-2)15-12-8-6-7-9-13(12)21-17(15)23/h4,6-9,15-16,22H,1,5,10H2,2-3H3,(H,21,23)/t15-,16+,20+/m1/s1. The summed E-state index contributed by atoms with van der Waals surface area (Å²) in [5.41, 5.74) is -1.41. The summed E-state index contributed by atoms with van der Waals surface area (Å²) in [6, 6.07) is 6.75. The molecule has 2 aliphatic rings. The Morgan fingerprint density at radius 1 is 1.36 bits per heavy atom. The van der Waals surface area contributed by atoms with E-state index in [0.29, 0.717) is 11.3 Å². The van der Waals surface area contributed by atoms with Crippen LogP contribution in [0.15, 0.2) is 48.3 Å². The van der Waals surface area contributed by atoms with E-state index in [9.17, 15) is 19.5 Å². The molecule has 2 aliphatic heterocycles. The van der Waals surface area contributed by atoms with E-state index in [-0.39, 0.29) is 24.5 Å². The van der Waals surface area contributed by atoms with Crippen molar-refractivity contribution in [2.75, 3.05) is 18.5 Å². The maximum atomic E-state index is 13.0. The fourth-order valence-corrected chi connectivity index (χ4v) is 3.61. The number of benzene rings is 1. The molecule has 3 atom stereocenters. The lowest BCUT2D eigenvalue weighted by molar-refractivity contribution is -0.178. The van der Waals surface area contributed by atoms with Crippen molar-refractivity contribution in [2.45, 2.75) is 31.5 Å². The van der Waals surface area contributed by atoms with Crippen LogP contribution in [-0.4, -0.2) is 47.9 Å². The topological polar surface area (TPSA) is 111 Å². The Labute approximate surface area is 161 Å². The molecule has 0 fully saturated rings. The Hall–Kier alpha value is -3.13. The van der Waals surface area contributed by atoms with Gasteiger partial charge >= 0.3 is 11.9 Å². The molecule has 8 heteroatoms. The fourth-order valence-electron chi connectivity index (χ4n) is 3.61. The molecular formula is C20H21NO7. The second-order valence-electron chi connectivity index (χ2n) is 6.38. The molecule has 3 rings (SSSR count). The summed E-state index contributed by atoms with van der Waals surface area (Å²) < 4.78 is 15.9. The van der Waals surface area contributed by atoms with E-state index in [2.05, 4.69) is 11.9 Å². The maximum absolute atomic E-state index is 13.0. The molecule has 0 spiro atoms. The lowest BCUT2D eigenvalue weighted by atomic mass is 9.77. The van der Waals surface area contributed by atoms with Gasteiger partial charge in [-0.3, -0.25) is 4.79 Å². The predicted molar refractivity (Wildman–Crippen MR) is 98.1 cm³/mol. The van der Waals surface area contributed by atoms with Crippen LogP contribution in [0.3, 0.4) is 0 Å². The average Bonchev–Trinajstić information content (AvgIpc) is 3.13. The van der Waals surface area contributed by atoms with Gasteiger partial charge in [-0.05, 0) is 25.5 Å². The van der Waals surface area contributed by atoms with Gasteiger partial charge in [0.05, 0.1) is 6.61 Å². The summed E-state index contributed by atoms with van der Waals surface area (Å²) in [7, 11) is 0. The van der Waals surface area contributed by atoms with Gasteiger partial charge in [-0.25, -0.2) is 9.59 Å².